The van der Waals surface area contributed by atoms with Crippen LogP contribution in [0.15, 0.2) is 42.5 Å². The van der Waals surface area contributed by atoms with E-state index in [1.54, 1.807) is 42.5 Å². The lowest BCUT2D eigenvalue weighted by molar-refractivity contribution is -0.123. The molecule has 0 spiro atoms. The topological polar surface area (TPSA) is 105 Å². The molecule has 4 rings (SSSR count). The number of ketones is 1. The molecule has 2 aliphatic heterocycles. The second-order valence-corrected chi connectivity index (χ2v) is 7.71. The fourth-order valence-corrected chi connectivity index (χ4v) is 3.97. The summed E-state index contributed by atoms with van der Waals surface area (Å²) >= 11 is 0. The third kappa shape index (κ3) is 4.01. The number of benzene rings is 2. The maximum absolute atomic E-state index is 12.6. The molecule has 1 saturated heterocycles. The highest BCUT2D eigenvalue weighted by atomic mass is 16.5. The molecule has 0 saturated carbocycles. The number of ether oxygens (including phenoxy) is 1. The lowest BCUT2D eigenvalue weighted by Gasteiger charge is -2.33. The zero-order chi connectivity index (χ0) is 22.1. The number of carbonyl (C=O) groups is 4. The quantitative estimate of drug-likeness (QED) is 0.568. The van der Waals surface area contributed by atoms with E-state index in [1.165, 1.54) is 13.8 Å². The number of fused-ring (bicyclic) bond motifs is 3. The van der Waals surface area contributed by atoms with Crippen LogP contribution < -0.4 is 15.5 Å². The summed E-state index contributed by atoms with van der Waals surface area (Å²) in [5.74, 6) is -1.49. The van der Waals surface area contributed by atoms with Crippen molar-refractivity contribution >= 4 is 40.6 Å². The molecule has 0 aliphatic carbocycles. The summed E-state index contributed by atoms with van der Waals surface area (Å²) < 4.78 is 5.31. The summed E-state index contributed by atoms with van der Waals surface area (Å²) in [6.07, 6.45) is 0.677. The highest BCUT2D eigenvalue weighted by Crippen LogP contribution is 2.37. The molecule has 1 fully saturated rings. The van der Waals surface area contributed by atoms with Gasteiger partial charge in [-0.2, -0.15) is 0 Å². The van der Waals surface area contributed by atoms with Crippen LogP contribution in [0.1, 0.15) is 47.4 Å². The number of esters is 1. The second-order valence-electron chi connectivity index (χ2n) is 7.71. The molecule has 2 heterocycles. The van der Waals surface area contributed by atoms with Crippen LogP contribution in [-0.4, -0.2) is 42.3 Å². The molecule has 2 amide bonds. The minimum Gasteiger partial charge on any atom is -0.449 e. The van der Waals surface area contributed by atoms with Gasteiger partial charge in [0.25, 0.3) is 5.91 Å². The number of nitrogens with one attached hydrogen (secondary N) is 2. The van der Waals surface area contributed by atoms with Gasteiger partial charge in [0, 0.05) is 12.1 Å². The summed E-state index contributed by atoms with van der Waals surface area (Å²) in [6, 6.07) is 11.5. The van der Waals surface area contributed by atoms with Gasteiger partial charge in [0.2, 0.25) is 5.91 Å². The van der Waals surface area contributed by atoms with Crippen LogP contribution in [0, 0.1) is 0 Å². The van der Waals surface area contributed by atoms with E-state index in [0.717, 1.165) is 25.1 Å². The van der Waals surface area contributed by atoms with Crippen LogP contribution in [0.3, 0.4) is 0 Å². The highest BCUT2D eigenvalue weighted by molar-refractivity contribution is 6.07. The van der Waals surface area contributed by atoms with Gasteiger partial charge in [0.05, 0.1) is 22.6 Å². The molecular weight excluding hydrogens is 398 g/mol. The Hall–Kier alpha value is -3.68. The van der Waals surface area contributed by atoms with Crippen molar-refractivity contribution in [3.05, 3.63) is 53.6 Å². The zero-order valence-corrected chi connectivity index (χ0v) is 17.3. The number of nitrogens with zero attached hydrogens (tertiary/aromatic N) is 1. The standard InChI is InChI=1S/C23H23N3O5/c1-13(27)16-6-3-4-7-17(16)24-21(28)14(2)31-23(30)15-9-10-19-18(12-15)25-22(29)20-8-5-11-26(19)20/h3-4,6-7,9-10,12,14,20H,5,8,11H2,1-2H3,(H,24,28)(H,25,29)/t14-,20-/m1/s1. The predicted octanol–water partition coefficient (Wildman–Crippen LogP) is 2.99. The van der Waals surface area contributed by atoms with Gasteiger partial charge in [-0.05, 0) is 57.0 Å². The molecule has 0 radical (unpaired) electrons. The van der Waals surface area contributed by atoms with E-state index in [4.69, 9.17) is 4.74 Å². The summed E-state index contributed by atoms with van der Waals surface area (Å²) in [6.45, 7) is 3.67. The molecule has 8 heteroatoms. The molecule has 0 aromatic heterocycles. The third-order valence-corrected chi connectivity index (χ3v) is 5.57. The Bertz CT molecular complexity index is 1080. The fraction of sp³-hybridized carbons (Fsp3) is 0.304. The monoisotopic (exact) mass is 421 g/mol. The summed E-state index contributed by atoms with van der Waals surface area (Å²) in [7, 11) is 0. The van der Waals surface area contributed by atoms with Crippen molar-refractivity contribution < 1.29 is 23.9 Å². The maximum atomic E-state index is 12.6. The minimum atomic E-state index is -1.08. The third-order valence-electron chi connectivity index (χ3n) is 5.57. The Labute approximate surface area is 179 Å². The summed E-state index contributed by atoms with van der Waals surface area (Å²) in [5.41, 5.74) is 2.41. The normalized spacial score (nSPS) is 17.8. The van der Waals surface area contributed by atoms with Crippen molar-refractivity contribution in [3.8, 4) is 0 Å². The Balaban J connectivity index is 1.45. The molecule has 2 N–H and O–H groups in total. The predicted molar refractivity (Wildman–Crippen MR) is 115 cm³/mol. The molecule has 0 unspecified atom stereocenters. The smallest absolute Gasteiger partial charge is 0.338 e. The lowest BCUT2D eigenvalue weighted by Crippen LogP contribution is -2.43. The van der Waals surface area contributed by atoms with Crippen LogP contribution in [0.5, 0.6) is 0 Å². The van der Waals surface area contributed by atoms with Crippen LogP contribution in [0.25, 0.3) is 0 Å². The summed E-state index contributed by atoms with van der Waals surface area (Å²) in [5, 5.41) is 5.48. The van der Waals surface area contributed by atoms with Crippen molar-refractivity contribution in [1.29, 1.82) is 0 Å². The fourth-order valence-electron chi connectivity index (χ4n) is 3.97. The molecule has 31 heavy (non-hydrogen) atoms. The van der Waals surface area contributed by atoms with Crippen molar-refractivity contribution in [3.63, 3.8) is 0 Å². The molecule has 2 aromatic rings. The van der Waals surface area contributed by atoms with Crippen molar-refractivity contribution in [2.45, 2.75) is 38.8 Å². The number of hydrogen-bond acceptors (Lipinski definition) is 6. The Morgan fingerprint density at radius 3 is 2.74 bits per heavy atom. The van der Waals surface area contributed by atoms with E-state index >= 15 is 0 Å². The molecule has 2 aromatic carbocycles. The number of rotatable bonds is 5. The number of amides is 2. The van der Waals surface area contributed by atoms with Gasteiger partial charge in [0.15, 0.2) is 11.9 Å². The highest BCUT2D eigenvalue weighted by Gasteiger charge is 2.36. The minimum absolute atomic E-state index is 0.0765. The van der Waals surface area contributed by atoms with Gasteiger partial charge in [-0.15, -0.1) is 0 Å². The van der Waals surface area contributed by atoms with E-state index in [1.807, 2.05) is 4.90 Å². The van der Waals surface area contributed by atoms with Gasteiger partial charge < -0.3 is 20.3 Å². The molecule has 2 aliphatic rings. The number of carbonyl (C=O) groups excluding carboxylic acids is 4. The molecule has 8 nitrogen and oxygen atoms in total. The van der Waals surface area contributed by atoms with Crippen LogP contribution in [0.2, 0.25) is 0 Å². The first-order valence-electron chi connectivity index (χ1n) is 10.2. The molecule has 0 bridgehead atoms. The summed E-state index contributed by atoms with van der Waals surface area (Å²) in [4.78, 5) is 51.1. The number of para-hydroxylation sites is 1. The van der Waals surface area contributed by atoms with Gasteiger partial charge in [-0.25, -0.2) is 4.79 Å². The first kappa shape index (κ1) is 20.6. The van der Waals surface area contributed by atoms with Gasteiger partial charge in [-0.1, -0.05) is 12.1 Å². The van der Waals surface area contributed by atoms with Crippen molar-refractivity contribution in [2.24, 2.45) is 0 Å². The number of Topliss-reactive ketones (excluding diaryl/α,β-unsaturated/α-hetero) is 1. The van der Waals surface area contributed by atoms with E-state index in [0.29, 0.717) is 16.9 Å². The van der Waals surface area contributed by atoms with E-state index in [-0.39, 0.29) is 23.3 Å². The number of hydrogen-bond donors (Lipinski definition) is 2. The maximum Gasteiger partial charge on any atom is 0.338 e. The molecule has 160 valence electrons. The van der Waals surface area contributed by atoms with Gasteiger partial charge >= 0.3 is 5.97 Å². The van der Waals surface area contributed by atoms with Gasteiger partial charge in [0.1, 0.15) is 6.04 Å². The Morgan fingerprint density at radius 2 is 1.97 bits per heavy atom. The average Bonchev–Trinajstić information content (AvgIpc) is 3.24. The number of anilines is 3. The largest absolute Gasteiger partial charge is 0.449 e. The second kappa shape index (κ2) is 8.22. The SMILES string of the molecule is CC(=O)c1ccccc1NC(=O)[C@@H](C)OC(=O)c1ccc2c(c1)NC(=O)[C@H]1CCCN21. The van der Waals surface area contributed by atoms with Crippen molar-refractivity contribution in [1.82, 2.24) is 0 Å². The van der Waals surface area contributed by atoms with E-state index in [9.17, 15) is 19.2 Å². The van der Waals surface area contributed by atoms with E-state index in [2.05, 4.69) is 10.6 Å². The Kier molecular flexibility index (Phi) is 5.46. The first-order valence-corrected chi connectivity index (χ1v) is 10.2. The van der Waals surface area contributed by atoms with Gasteiger partial charge in [-0.3, -0.25) is 14.4 Å². The zero-order valence-electron chi connectivity index (χ0n) is 17.3. The average molecular weight is 421 g/mol. The van der Waals surface area contributed by atoms with Crippen molar-refractivity contribution in [2.75, 3.05) is 22.1 Å². The molecular formula is C23H23N3O5. The van der Waals surface area contributed by atoms with Crippen LogP contribution in [-0.2, 0) is 14.3 Å². The van der Waals surface area contributed by atoms with Crippen LogP contribution in [0.4, 0.5) is 17.1 Å². The van der Waals surface area contributed by atoms with Crippen LogP contribution >= 0.6 is 0 Å². The first-order chi connectivity index (χ1) is 14.8. The molecule has 2 atom stereocenters. The Morgan fingerprint density at radius 1 is 1.19 bits per heavy atom. The van der Waals surface area contributed by atoms with E-state index < -0.39 is 18.0 Å². The lowest BCUT2D eigenvalue weighted by atomic mass is 10.1.